The molecular weight excluding hydrogens is 393 g/mol. The number of para-hydroxylation sites is 1. The molecule has 1 aromatic carbocycles. The van der Waals surface area contributed by atoms with Crippen molar-refractivity contribution in [2.24, 2.45) is 0 Å². The molecule has 0 atom stereocenters. The molecular formula is C17H16FN3O6S. The third-order valence-electron chi connectivity index (χ3n) is 3.03. The quantitative estimate of drug-likeness (QED) is 0.440. The van der Waals surface area contributed by atoms with Gasteiger partial charge in [-0.05, 0) is 24.3 Å². The van der Waals surface area contributed by atoms with Gasteiger partial charge in [0.25, 0.3) is 5.91 Å². The predicted octanol–water partition coefficient (Wildman–Crippen LogP) is 1.09. The number of ether oxygens (including phenoxy) is 1. The molecule has 0 aliphatic carbocycles. The number of hydrazine groups is 1. The van der Waals surface area contributed by atoms with Crippen LogP contribution in [0, 0.1) is 5.82 Å². The number of halogens is 1. The molecule has 0 fully saturated rings. The molecule has 0 aliphatic heterocycles. The molecule has 148 valence electrons. The number of thioether (sulfide) groups is 1. The Morgan fingerprint density at radius 1 is 1.00 bits per heavy atom. The summed E-state index contributed by atoms with van der Waals surface area (Å²) in [5.41, 5.74) is 4.18. The van der Waals surface area contributed by atoms with E-state index in [0.717, 1.165) is 11.8 Å². The van der Waals surface area contributed by atoms with Crippen LogP contribution < -0.4 is 16.2 Å². The maximum absolute atomic E-state index is 13.4. The minimum atomic E-state index is -0.754. The summed E-state index contributed by atoms with van der Waals surface area (Å²) in [6.45, 7) is -0.612. The second-order valence-corrected chi connectivity index (χ2v) is 6.15. The number of nitrogens with one attached hydrogen (secondary N) is 3. The van der Waals surface area contributed by atoms with Crippen molar-refractivity contribution in [3.05, 3.63) is 54.2 Å². The van der Waals surface area contributed by atoms with Gasteiger partial charge in [0.05, 0.1) is 23.5 Å². The van der Waals surface area contributed by atoms with E-state index in [4.69, 9.17) is 9.15 Å². The number of hydrogen-bond acceptors (Lipinski definition) is 7. The van der Waals surface area contributed by atoms with E-state index < -0.39 is 36.1 Å². The van der Waals surface area contributed by atoms with Gasteiger partial charge in [0.15, 0.2) is 12.4 Å². The van der Waals surface area contributed by atoms with E-state index in [1.165, 1.54) is 36.6 Å². The standard InChI is InChI=1S/C17H16FN3O6S/c18-11-4-1-2-5-12(11)19-15(23)9-28-10-16(24)27-8-14(22)20-21-17(25)13-6-3-7-26-13/h1-7H,8-10H2,(H,19,23)(H,20,22)(H,21,25). The minimum Gasteiger partial charge on any atom is -0.459 e. The summed E-state index contributed by atoms with van der Waals surface area (Å²) in [4.78, 5) is 46.3. The van der Waals surface area contributed by atoms with Gasteiger partial charge >= 0.3 is 11.9 Å². The van der Waals surface area contributed by atoms with Gasteiger partial charge in [-0.3, -0.25) is 30.0 Å². The number of carbonyl (C=O) groups excluding carboxylic acids is 4. The average molecular weight is 409 g/mol. The first-order chi connectivity index (χ1) is 13.5. The van der Waals surface area contributed by atoms with Crippen molar-refractivity contribution in [3.8, 4) is 0 Å². The van der Waals surface area contributed by atoms with Gasteiger partial charge in [0.2, 0.25) is 5.91 Å². The molecule has 2 rings (SSSR count). The Hall–Kier alpha value is -3.34. The Morgan fingerprint density at radius 2 is 1.79 bits per heavy atom. The second-order valence-electron chi connectivity index (χ2n) is 5.16. The zero-order valence-electron chi connectivity index (χ0n) is 14.4. The lowest BCUT2D eigenvalue weighted by Gasteiger charge is -2.07. The first kappa shape index (κ1) is 21.0. The molecule has 0 aliphatic rings. The van der Waals surface area contributed by atoms with Crippen molar-refractivity contribution in [3.63, 3.8) is 0 Å². The fourth-order valence-electron chi connectivity index (χ4n) is 1.80. The highest BCUT2D eigenvalue weighted by atomic mass is 32.2. The maximum atomic E-state index is 13.4. The number of anilines is 1. The fraction of sp³-hybridized carbons (Fsp3) is 0.176. The molecule has 0 bridgehead atoms. The highest BCUT2D eigenvalue weighted by Crippen LogP contribution is 2.13. The van der Waals surface area contributed by atoms with Gasteiger partial charge in [-0.15, -0.1) is 11.8 Å². The smallest absolute Gasteiger partial charge is 0.316 e. The lowest BCUT2D eigenvalue weighted by molar-refractivity contribution is -0.146. The minimum absolute atomic E-state index is 0.00218. The molecule has 0 unspecified atom stereocenters. The van der Waals surface area contributed by atoms with E-state index in [0.29, 0.717) is 0 Å². The van der Waals surface area contributed by atoms with Crippen molar-refractivity contribution in [2.75, 3.05) is 23.4 Å². The molecule has 9 nitrogen and oxygen atoms in total. The van der Waals surface area contributed by atoms with Crippen LogP contribution in [0.1, 0.15) is 10.6 Å². The summed E-state index contributed by atoms with van der Waals surface area (Å²) >= 11 is 0.940. The molecule has 2 aromatic rings. The van der Waals surface area contributed by atoms with Crippen molar-refractivity contribution < 1.29 is 32.7 Å². The van der Waals surface area contributed by atoms with Crippen molar-refractivity contribution in [1.29, 1.82) is 0 Å². The Bertz CT molecular complexity index is 843. The number of amides is 3. The lowest BCUT2D eigenvalue weighted by atomic mass is 10.3. The van der Waals surface area contributed by atoms with Crippen LogP contribution in [0.3, 0.4) is 0 Å². The third kappa shape index (κ3) is 7.11. The molecule has 28 heavy (non-hydrogen) atoms. The van der Waals surface area contributed by atoms with Crippen molar-refractivity contribution in [2.45, 2.75) is 0 Å². The van der Waals surface area contributed by atoms with E-state index in [-0.39, 0.29) is 23.0 Å². The van der Waals surface area contributed by atoms with Crippen LogP contribution in [0.25, 0.3) is 0 Å². The zero-order valence-corrected chi connectivity index (χ0v) is 15.2. The maximum Gasteiger partial charge on any atom is 0.316 e. The molecule has 0 radical (unpaired) electrons. The Labute approximate surface area is 163 Å². The molecule has 1 aromatic heterocycles. The summed E-state index contributed by atoms with van der Waals surface area (Å²) in [5.74, 6) is -3.48. The molecule has 3 N–H and O–H groups in total. The van der Waals surface area contributed by atoms with Crippen LogP contribution in [0.5, 0.6) is 0 Å². The van der Waals surface area contributed by atoms with Crippen molar-refractivity contribution >= 4 is 41.1 Å². The predicted molar refractivity (Wildman–Crippen MR) is 97.6 cm³/mol. The van der Waals surface area contributed by atoms with E-state index in [9.17, 15) is 23.6 Å². The van der Waals surface area contributed by atoms with Crippen LogP contribution in [0.15, 0.2) is 47.1 Å². The Morgan fingerprint density at radius 3 is 2.50 bits per heavy atom. The van der Waals surface area contributed by atoms with E-state index in [1.54, 1.807) is 6.07 Å². The molecule has 0 spiro atoms. The summed E-state index contributed by atoms with van der Waals surface area (Å²) in [5, 5.41) is 2.37. The van der Waals surface area contributed by atoms with Crippen LogP contribution in [-0.2, 0) is 19.1 Å². The second kappa shape index (κ2) is 10.7. The normalized spacial score (nSPS) is 10.0. The number of hydrogen-bond donors (Lipinski definition) is 3. The fourth-order valence-corrected chi connectivity index (χ4v) is 2.41. The Balaban J connectivity index is 1.58. The zero-order chi connectivity index (χ0) is 20.4. The molecule has 11 heteroatoms. The summed E-state index contributed by atoms with van der Waals surface area (Å²) in [6, 6.07) is 8.60. The molecule has 0 saturated carbocycles. The SMILES string of the molecule is O=C(COC(=O)CSCC(=O)Nc1ccccc1F)NNC(=O)c1ccco1. The van der Waals surface area contributed by atoms with Gasteiger partial charge in [-0.1, -0.05) is 12.1 Å². The number of benzene rings is 1. The number of esters is 1. The van der Waals surface area contributed by atoms with Gasteiger partial charge < -0.3 is 14.5 Å². The lowest BCUT2D eigenvalue weighted by Crippen LogP contribution is -2.43. The Kier molecular flexibility index (Phi) is 8.03. The average Bonchev–Trinajstić information content (AvgIpc) is 3.21. The van der Waals surface area contributed by atoms with Crippen molar-refractivity contribution in [1.82, 2.24) is 10.9 Å². The van der Waals surface area contributed by atoms with Crippen LogP contribution >= 0.6 is 11.8 Å². The summed E-state index contributed by atoms with van der Waals surface area (Å²) < 4.78 is 22.9. The first-order valence-corrected chi connectivity index (χ1v) is 9.01. The van der Waals surface area contributed by atoms with Gasteiger partial charge in [0, 0.05) is 0 Å². The topological polar surface area (TPSA) is 127 Å². The largest absolute Gasteiger partial charge is 0.459 e. The van der Waals surface area contributed by atoms with E-state index >= 15 is 0 Å². The van der Waals surface area contributed by atoms with Gasteiger partial charge in [-0.25, -0.2) is 4.39 Å². The van der Waals surface area contributed by atoms with E-state index in [1.807, 2.05) is 0 Å². The first-order valence-electron chi connectivity index (χ1n) is 7.86. The van der Waals surface area contributed by atoms with Crippen LogP contribution in [0.2, 0.25) is 0 Å². The highest BCUT2D eigenvalue weighted by Gasteiger charge is 2.12. The monoisotopic (exact) mass is 409 g/mol. The highest BCUT2D eigenvalue weighted by molar-refractivity contribution is 8.00. The summed E-state index contributed by atoms with van der Waals surface area (Å²) in [6.07, 6.45) is 1.30. The number of rotatable bonds is 8. The van der Waals surface area contributed by atoms with Crippen LogP contribution in [0.4, 0.5) is 10.1 Å². The van der Waals surface area contributed by atoms with E-state index in [2.05, 4.69) is 16.2 Å². The van der Waals surface area contributed by atoms with Gasteiger partial charge in [0.1, 0.15) is 5.82 Å². The molecule has 3 amide bonds. The number of carbonyl (C=O) groups is 4. The molecule has 1 heterocycles. The summed E-state index contributed by atoms with van der Waals surface area (Å²) in [7, 11) is 0. The van der Waals surface area contributed by atoms with Gasteiger partial charge in [-0.2, -0.15) is 0 Å². The molecule has 0 saturated heterocycles. The number of furan rings is 1. The van der Waals surface area contributed by atoms with Crippen LogP contribution in [-0.4, -0.2) is 41.8 Å². The third-order valence-corrected chi connectivity index (χ3v) is 3.93.